The Morgan fingerprint density at radius 1 is 1.57 bits per heavy atom. The van der Waals surface area contributed by atoms with Crippen LogP contribution in [0.2, 0.25) is 0 Å². The predicted octanol–water partition coefficient (Wildman–Crippen LogP) is 0.235. The highest BCUT2D eigenvalue weighted by atomic mass is 16.5. The van der Waals surface area contributed by atoms with Crippen molar-refractivity contribution in [2.45, 2.75) is 0 Å². The number of esters is 1. The number of nitrogens with zero attached hydrogens (tertiary/aromatic N) is 2. The molecule has 0 aromatic carbocycles. The predicted molar refractivity (Wildman–Crippen MR) is 51.5 cm³/mol. The smallest absolute Gasteiger partial charge is 0.376 e. The summed E-state index contributed by atoms with van der Waals surface area (Å²) in [6.07, 6.45) is 6.62. The average molecular weight is 193 g/mol. The third-order valence-electron chi connectivity index (χ3n) is 1.49. The lowest BCUT2D eigenvalue weighted by Crippen LogP contribution is -2.06. The maximum Gasteiger partial charge on any atom is 0.376 e. The highest BCUT2D eigenvalue weighted by Crippen LogP contribution is 1.99. The monoisotopic (exact) mass is 193 g/mol. The van der Waals surface area contributed by atoms with E-state index in [0.29, 0.717) is 6.54 Å². The third-order valence-corrected chi connectivity index (χ3v) is 1.49. The lowest BCUT2D eigenvalue weighted by molar-refractivity contribution is 0.0586. The zero-order valence-corrected chi connectivity index (χ0v) is 7.80. The van der Waals surface area contributed by atoms with Crippen LogP contribution in [0.25, 0.3) is 6.08 Å². The molecule has 1 aromatic rings. The molecule has 0 aliphatic rings. The number of aromatic nitrogens is 2. The van der Waals surface area contributed by atoms with Crippen molar-refractivity contribution < 1.29 is 9.53 Å². The molecule has 5 heteroatoms. The van der Waals surface area contributed by atoms with Gasteiger partial charge in [0, 0.05) is 24.5 Å². The molecule has 1 heterocycles. The zero-order chi connectivity index (χ0) is 10.4. The molecule has 1 rings (SSSR count). The van der Waals surface area contributed by atoms with Crippen molar-refractivity contribution in [1.82, 2.24) is 9.97 Å². The quantitative estimate of drug-likeness (QED) is 0.695. The van der Waals surface area contributed by atoms with Crippen molar-refractivity contribution in [2.24, 2.45) is 5.73 Å². The van der Waals surface area contributed by atoms with Gasteiger partial charge in [-0.25, -0.2) is 14.8 Å². The average Bonchev–Trinajstić information content (AvgIpc) is 2.26. The van der Waals surface area contributed by atoms with Gasteiger partial charge in [-0.15, -0.1) is 0 Å². The van der Waals surface area contributed by atoms with E-state index in [4.69, 9.17) is 5.73 Å². The summed E-state index contributed by atoms with van der Waals surface area (Å²) in [7, 11) is 1.29. The van der Waals surface area contributed by atoms with E-state index in [-0.39, 0.29) is 5.82 Å². The third kappa shape index (κ3) is 2.63. The Kier molecular flexibility index (Phi) is 3.75. The second-order valence-corrected chi connectivity index (χ2v) is 2.47. The van der Waals surface area contributed by atoms with Gasteiger partial charge in [0.25, 0.3) is 0 Å². The number of nitrogens with two attached hydrogens (primary N) is 1. The molecule has 0 aliphatic carbocycles. The topological polar surface area (TPSA) is 78.1 Å². The van der Waals surface area contributed by atoms with E-state index in [1.165, 1.54) is 19.5 Å². The Morgan fingerprint density at radius 2 is 2.21 bits per heavy atom. The fraction of sp³-hybridized carbons (Fsp3) is 0.222. The molecular formula is C9H11N3O2. The number of ether oxygens (including phenoxy) is 1. The van der Waals surface area contributed by atoms with E-state index in [1.54, 1.807) is 12.2 Å². The second-order valence-electron chi connectivity index (χ2n) is 2.47. The lowest BCUT2D eigenvalue weighted by atomic mass is 10.3. The summed E-state index contributed by atoms with van der Waals surface area (Å²) in [5, 5.41) is 0. The molecule has 0 radical (unpaired) electrons. The maximum absolute atomic E-state index is 11.0. The van der Waals surface area contributed by atoms with Crippen molar-refractivity contribution in [2.75, 3.05) is 13.7 Å². The molecule has 0 atom stereocenters. The fourth-order valence-corrected chi connectivity index (χ4v) is 0.825. The summed E-state index contributed by atoms with van der Waals surface area (Å²) >= 11 is 0. The van der Waals surface area contributed by atoms with E-state index in [1.807, 2.05) is 0 Å². The number of hydrogen-bond donors (Lipinski definition) is 1. The van der Waals surface area contributed by atoms with Crippen molar-refractivity contribution in [3.63, 3.8) is 0 Å². The summed E-state index contributed by atoms with van der Waals surface area (Å²) in [6, 6.07) is 0. The maximum atomic E-state index is 11.0. The molecular weight excluding hydrogens is 182 g/mol. The normalized spacial score (nSPS) is 10.4. The van der Waals surface area contributed by atoms with Gasteiger partial charge in [0.1, 0.15) is 0 Å². The van der Waals surface area contributed by atoms with E-state index in [9.17, 15) is 4.79 Å². The minimum absolute atomic E-state index is 0.0531. The summed E-state index contributed by atoms with van der Waals surface area (Å²) in [5.41, 5.74) is 6.07. The lowest BCUT2D eigenvalue weighted by Gasteiger charge is -1.96. The molecule has 2 N–H and O–H groups in total. The van der Waals surface area contributed by atoms with Gasteiger partial charge in [0.2, 0.25) is 5.82 Å². The Labute approximate surface area is 81.6 Å². The van der Waals surface area contributed by atoms with Crippen molar-refractivity contribution in [1.29, 1.82) is 0 Å². The molecule has 0 amide bonds. The molecule has 0 saturated carbocycles. The Hall–Kier alpha value is -1.75. The van der Waals surface area contributed by atoms with Crippen LogP contribution < -0.4 is 5.73 Å². The Balaban J connectivity index is 2.78. The van der Waals surface area contributed by atoms with Crippen LogP contribution in [0.5, 0.6) is 0 Å². The summed E-state index contributed by atoms with van der Waals surface area (Å²) in [4.78, 5) is 18.6. The van der Waals surface area contributed by atoms with Crippen LogP contribution >= 0.6 is 0 Å². The number of hydrogen-bond acceptors (Lipinski definition) is 5. The van der Waals surface area contributed by atoms with Crippen LogP contribution in [-0.2, 0) is 4.74 Å². The number of carbonyl (C=O) groups excluding carboxylic acids is 1. The minimum Gasteiger partial charge on any atom is -0.463 e. The molecule has 0 spiro atoms. The molecule has 14 heavy (non-hydrogen) atoms. The Morgan fingerprint density at radius 3 is 2.71 bits per heavy atom. The van der Waals surface area contributed by atoms with E-state index >= 15 is 0 Å². The van der Waals surface area contributed by atoms with Gasteiger partial charge in [-0.1, -0.05) is 12.2 Å². The summed E-state index contributed by atoms with van der Waals surface area (Å²) < 4.78 is 4.46. The number of rotatable bonds is 3. The van der Waals surface area contributed by atoms with Crippen LogP contribution in [0, 0.1) is 0 Å². The zero-order valence-electron chi connectivity index (χ0n) is 7.80. The highest BCUT2D eigenvalue weighted by Gasteiger charge is 2.06. The first kappa shape index (κ1) is 10.3. The van der Waals surface area contributed by atoms with E-state index in [0.717, 1.165) is 5.56 Å². The fourth-order valence-electron chi connectivity index (χ4n) is 0.825. The van der Waals surface area contributed by atoms with Crippen molar-refractivity contribution in [3.05, 3.63) is 29.9 Å². The first-order valence-electron chi connectivity index (χ1n) is 4.05. The van der Waals surface area contributed by atoms with Gasteiger partial charge in [0.15, 0.2) is 0 Å². The van der Waals surface area contributed by atoms with Crippen LogP contribution in [0.1, 0.15) is 16.2 Å². The molecule has 74 valence electrons. The van der Waals surface area contributed by atoms with Gasteiger partial charge in [-0.2, -0.15) is 0 Å². The SMILES string of the molecule is COC(=O)c1ncc(C=CCN)cn1. The summed E-state index contributed by atoms with van der Waals surface area (Å²) in [5.74, 6) is -0.489. The molecule has 5 nitrogen and oxygen atoms in total. The standard InChI is InChI=1S/C9H11N3O2/c1-14-9(13)8-11-5-7(6-12-8)3-2-4-10/h2-3,5-6H,4,10H2,1H3. The molecule has 0 fully saturated rings. The van der Waals surface area contributed by atoms with Gasteiger partial charge in [0.05, 0.1) is 7.11 Å². The van der Waals surface area contributed by atoms with Gasteiger partial charge < -0.3 is 10.5 Å². The van der Waals surface area contributed by atoms with Crippen LogP contribution in [0.3, 0.4) is 0 Å². The molecule has 0 aliphatic heterocycles. The number of methoxy groups -OCH3 is 1. The first-order chi connectivity index (χ1) is 6.77. The van der Waals surface area contributed by atoms with Crippen LogP contribution in [0.4, 0.5) is 0 Å². The number of carbonyl (C=O) groups is 1. The Bertz CT molecular complexity index is 332. The van der Waals surface area contributed by atoms with Crippen LogP contribution in [-0.4, -0.2) is 29.6 Å². The van der Waals surface area contributed by atoms with Gasteiger partial charge in [-0.3, -0.25) is 0 Å². The van der Waals surface area contributed by atoms with Crippen molar-refractivity contribution >= 4 is 12.0 Å². The van der Waals surface area contributed by atoms with Crippen LogP contribution in [0.15, 0.2) is 18.5 Å². The summed E-state index contributed by atoms with van der Waals surface area (Å²) in [6.45, 7) is 0.457. The minimum atomic E-state index is -0.542. The van der Waals surface area contributed by atoms with Crippen molar-refractivity contribution in [3.8, 4) is 0 Å². The van der Waals surface area contributed by atoms with Gasteiger partial charge in [-0.05, 0) is 0 Å². The van der Waals surface area contributed by atoms with E-state index in [2.05, 4.69) is 14.7 Å². The molecule has 0 unspecified atom stereocenters. The molecule has 1 aromatic heterocycles. The van der Waals surface area contributed by atoms with Gasteiger partial charge >= 0.3 is 5.97 Å². The first-order valence-corrected chi connectivity index (χ1v) is 4.05. The van der Waals surface area contributed by atoms with E-state index < -0.39 is 5.97 Å². The highest BCUT2D eigenvalue weighted by molar-refractivity contribution is 5.84. The molecule has 0 saturated heterocycles. The second kappa shape index (κ2) is 5.08. The molecule has 0 bridgehead atoms. The largest absolute Gasteiger partial charge is 0.463 e.